The molecule has 0 aliphatic heterocycles. The summed E-state index contributed by atoms with van der Waals surface area (Å²) in [4.78, 5) is 25.9. The van der Waals surface area contributed by atoms with Gasteiger partial charge in [0, 0.05) is 16.6 Å². The van der Waals surface area contributed by atoms with E-state index in [0.717, 1.165) is 39.7 Å². The smallest absolute Gasteiger partial charge is 0.306 e. The Bertz CT molecular complexity index is 1000. The third-order valence-electron chi connectivity index (χ3n) is 6.42. The van der Waals surface area contributed by atoms with E-state index in [1.54, 1.807) is 7.11 Å². The number of esters is 1. The van der Waals surface area contributed by atoms with Gasteiger partial charge in [0.2, 0.25) is 5.91 Å². The minimum atomic E-state index is -0.520. The number of hydrogen-bond donors (Lipinski definition) is 1. The summed E-state index contributed by atoms with van der Waals surface area (Å²) in [5.74, 6) is 0.619. The summed E-state index contributed by atoms with van der Waals surface area (Å²) in [5, 5.41) is 3.20. The molecule has 1 aliphatic carbocycles. The fraction of sp³-hybridized carbons (Fsp3) is 0.500. The summed E-state index contributed by atoms with van der Waals surface area (Å²) >= 11 is 3.50. The Morgan fingerprint density at radius 3 is 2.32 bits per heavy atom. The molecular formula is C28H36BrNO4. The molecule has 0 spiro atoms. The van der Waals surface area contributed by atoms with Crippen LogP contribution >= 0.6 is 15.9 Å². The van der Waals surface area contributed by atoms with Crippen LogP contribution in [0, 0.1) is 12.8 Å². The zero-order chi connectivity index (χ0) is 24.9. The van der Waals surface area contributed by atoms with Crippen molar-refractivity contribution in [3.05, 3.63) is 57.6 Å². The maximum atomic E-state index is 13.6. The highest BCUT2D eigenvalue weighted by Gasteiger charge is 2.32. The van der Waals surface area contributed by atoms with Crippen LogP contribution < -0.4 is 10.1 Å². The van der Waals surface area contributed by atoms with Crippen molar-refractivity contribution in [2.45, 2.75) is 77.7 Å². The molecule has 5 nitrogen and oxygen atoms in total. The van der Waals surface area contributed by atoms with Crippen molar-refractivity contribution in [1.29, 1.82) is 0 Å². The van der Waals surface area contributed by atoms with Crippen LogP contribution in [0.4, 0.5) is 5.69 Å². The third kappa shape index (κ3) is 6.84. The third-order valence-corrected chi connectivity index (χ3v) is 6.94. The van der Waals surface area contributed by atoms with Gasteiger partial charge < -0.3 is 14.8 Å². The molecule has 1 atom stereocenters. The van der Waals surface area contributed by atoms with E-state index in [0.29, 0.717) is 18.1 Å². The number of rotatable bonds is 8. The number of methoxy groups -OCH3 is 1. The number of carbonyl (C=O) groups excluding carboxylic acids is 2. The molecule has 1 saturated carbocycles. The molecule has 0 saturated heterocycles. The zero-order valence-electron chi connectivity index (χ0n) is 20.9. The maximum Gasteiger partial charge on any atom is 0.306 e. The predicted octanol–water partition coefficient (Wildman–Crippen LogP) is 6.95. The van der Waals surface area contributed by atoms with Crippen molar-refractivity contribution < 1.29 is 19.1 Å². The lowest BCUT2D eigenvalue weighted by Crippen LogP contribution is -2.27. The van der Waals surface area contributed by atoms with Gasteiger partial charge in [0.25, 0.3) is 0 Å². The monoisotopic (exact) mass is 529 g/mol. The number of halogens is 1. The SMILES string of the molecule is COc1ccc(NC(=O)[C@@H](c2ccc(Br)cc2)C2CCCC2)c(C)c1CCC(=O)OC(C)(C)C. The van der Waals surface area contributed by atoms with Gasteiger partial charge in [-0.25, -0.2) is 0 Å². The van der Waals surface area contributed by atoms with E-state index in [9.17, 15) is 9.59 Å². The van der Waals surface area contributed by atoms with Gasteiger partial charge in [-0.3, -0.25) is 9.59 Å². The van der Waals surface area contributed by atoms with Gasteiger partial charge in [-0.2, -0.15) is 0 Å². The zero-order valence-corrected chi connectivity index (χ0v) is 22.5. The van der Waals surface area contributed by atoms with Gasteiger partial charge in [0.1, 0.15) is 11.4 Å². The summed E-state index contributed by atoms with van der Waals surface area (Å²) in [6, 6.07) is 11.8. The molecule has 0 unspecified atom stereocenters. The second-order valence-corrected chi connectivity index (χ2v) is 11.0. The maximum absolute atomic E-state index is 13.6. The lowest BCUT2D eigenvalue weighted by Gasteiger charge is -2.24. The molecule has 1 aliphatic rings. The van der Waals surface area contributed by atoms with E-state index in [1.807, 2.05) is 64.1 Å². The van der Waals surface area contributed by atoms with E-state index in [2.05, 4.69) is 21.2 Å². The lowest BCUT2D eigenvalue weighted by atomic mass is 9.84. The molecule has 2 aromatic carbocycles. The second kappa shape index (κ2) is 11.4. The van der Waals surface area contributed by atoms with Gasteiger partial charge in [-0.1, -0.05) is 40.9 Å². The number of hydrogen-bond acceptors (Lipinski definition) is 4. The number of nitrogens with one attached hydrogen (secondary N) is 1. The minimum absolute atomic E-state index is 0.0144. The van der Waals surface area contributed by atoms with Gasteiger partial charge in [-0.15, -0.1) is 0 Å². The van der Waals surface area contributed by atoms with Gasteiger partial charge in [0.15, 0.2) is 0 Å². The topological polar surface area (TPSA) is 64.6 Å². The molecule has 0 bridgehead atoms. The Morgan fingerprint density at radius 1 is 1.09 bits per heavy atom. The van der Waals surface area contributed by atoms with E-state index < -0.39 is 5.60 Å². The Morgan fingerprint density at radius 2 is 1.74 bits per heavy atom. The highest BCUT2D eigenvalue weighted by atomic mass is 79.9. The molecule has 1 amide bonds. The molecule has 0 heterocycles. The molecule has 1 N–H and O–H groups in total. The molecular weight excluding hydrogens is 494 g/mol. The number of anilines is 1. The molecule has 2 aromatic rings. The summed E-state index contributed by atoms with van der Waals surface area (Å²) in [6.07, 6.45) is 5.19. The largest absolute Gasteiger partial charge is 0.496 e. The normalized spacial score (nSPS) is 15.1. The Hall–Kier alpha value is -2.34. The summed E-state index contributed by atoms with van der Waals surface area (Å²) in [5.41, 5.74) is 3.10. The number of amides is 1. The van der Waals surface area contributed by atoms with Crippen molar-refractivity contribution >= 4 is 33.5 Å². The van der Waals surface area contributed by atoms with Crippen molar-refractivity contribution in [3.63, 3.8) is 0 Å². The predicted molar refractivity (Wildman–Crippen MR) is 139 cm³/mol. The first kappa shape index (κ1) is 26.3. The van der Waals surface area contributed by atoms with E-state index >= 15 is 0 Å². The summed E-state index contributed by atoms with van der Waals surface area (Å²) in [7, 11) is 1.62. The van der Waals surface area contributed by atoms with Crippen LogP contribution in [0.25, 0.3) is 0 Å². The quantitative estimate of drug-likeness (QED) is 0.375. The Balaban J connectivity index is 1.82. The van der Waals surface area contributed by atoms with E-state index in [4.69, 9.17) is 9.47 Å². The summed E-state index contributed by atoms with van der Waals surface area (Å²) in [6.45, 7) is 7.55. The van der Waals surface area contributed by atoms with Crippen LogP contribution in [0.3, 0.4) is 0 Å². The van der Waals surface area contributed by atoms with Gasteiger partial charge in [-0.05, 0) is 93.8 Å². The van der Waals surface area contributed by atoms with Crippen LogP contribution in [-0.2, 0) is 20.7 Å². The molecule has 0 aromatic heterocycles. The fourth-order valence-electron chi connectivity index (χ4n) is 4.80. The van der Waals surface area contributed by atoms with Crippen molar-refractivity contribution in [1.82, 2.24) is 0 Å². The molecule has 0 radical (unpaired) electrons. The molecule has 3 rings (SSSR count). The van der Waals surface area contributed by atoms with Gasteiger partial charge >= 0.3 is 5.97 Å². The van der Waals surface area contributed by atoms with Crippen LogP contribution in [0.1, 0.15) is 75.5 Å². The highest BCUT2D eigenvalue weighted by Crippen LogP contribution is 2.39. The van der Waals surface area contributed by atoms with E-state index in [-0.39, 0.29) is 24.2 Å². The first-order valence-electron chi connectivity index (χ1n) is 12.0. The summed E-state index contributed by atoms with van der Waals surface area (Å²) < 4.78 is 12.0. The number of benzene rings is 2. The average Bonchev–Trinajstić information content (AvgIpc) is 3.29. The highest BCUT2D eigenvalue weighted by molar-refractivity contribution is 9.10. The van der Waals surface area contributed by atoms with Crippen LogP contribution in [0.5, 0.6) is 5.75 Å². The fourth-order valence-corrected chi connectivity index (χ4v) is 5.06. The Kier molecular flexibility index (Phi) is 8.80. The number of ether oxygens (including phenoxy) is 2. The van der Waals surface area contributed by atoms with E-state index in [1.165, 1.54) is 12.8 Å². The van der Waals surface area contributed by atoms with Crippen LogP contribution in [-0.4, -0.2) is 24.6 Å². The van der Waals surface area contributed by atoms with Crippen molar-refractivity contribution in [2.24, 2.45) is 5.92 Å². The number of carbonyl (C=O) groups is 2. The Labute approximate surface area is 211 Å². The first-order valence-corrected chi connectivity index (χ1v) is 12.8. The van der Waals surface area contributed by atoms with Crippen LogP contribution in [0.2, 0.25) is 0 Å². The van der Waals surface area contributed by atoms with Crippen molar-refractivity contribution in [3.8, 4) is 5.75 Å². The molecule has 34 heavy (non-hydrogen) atoms. The first-order chi connectivity index (χ1) is 16.1. The molecule has 1 fully saturated rings. The van der Waals surface area contributed by atoms with Crippen LogP contribution in [0.15, 0.2) is 40.9 Å². The lowest BCUT2D eigenvalue weighted by molar-refractivity contribution is -0.154. The standard InChI is InChI=1S/C28H36BrNO4/c1-18-22(14-17-25(31)34-28(2,3)4)24(33-5)16-15-23(18)30-27(32)26(19-8-6-7-9-19)20-10-12-21(29)13-11-20/h10-13,15-16,19,26H,6-9,14,17H2,1-5H3,(H,30,32)/t26-/m1/s1. The molecule has 6 heteroatoms. The molecule has 184 valence electrons. The minimum Gasteiger partial charge on any atom is -0.496 e. The second-order valence-electron chi connectivity index (χ2n) is 10.1. The van der Waals surface area contributed by atoms with Gasteiger partial charge in [0.05, 0.1) is 13.0 Å². The van der Waals surface area contributed by atoms with Crippen molar-refractivity contribution in [2.75, 3.05) is 12.4 Å². The average molecular weight is 531 g/mol.